The van der Waals surface area contributed by atoms with Gasteiger partial charge in [0, 0.05) is 22.2 Å². The van der Waals surface area contributed by atoms with Gasteiger partial charge in [0.15, 0.2) is 0 Å². The lowest BCUT2D eigenvalue weighted by Crippen LogP contribution is -2.17. The van der Waals surface area contributed by atoms with Gasteiger partial charge in [-0.05, 0) is 43.0 Å². The van der Waals surface area contributed by atoms with Crippen LogP contribution in [-0.2, 0) is 0 Å². The minimum absolute atomic E-state index is 0.113. The van der Waals surface area contributed by atoms with Crippen molar-refractivity contribution in [1.29, 1.82) is 0 Å². The second kappa shape index (κ2) is 8.63. The molecule has 0 aliphatic rings. The van der Waals surface area contributed by atoms with Crippen LogP contribution in [0.1, 0.15) is 21.7 Å². The predicted octanol–water partition coefficient (Wildman–Crippen LogP) is 3.59. The van der Waals surface area contributed by atoms with Crippen molar-refractivity contribution in [2.75, 3.05) is 0 Å². The molecule has 0 bridgehead atoms. The summed E-state index contributed by atoms with van der Waals surface area (Å²) in [6.45, 7) is 1.74. The molecule has 1 amide bonds. The fraction of sp³-hybridized carbons (Fsp3) is 0.0588. The Labute approximate surface area is 168 Å². The van der Waals surface area contributed by atoms with Crippen LogP contribution in [0.15, 0.2) is 57.6 Å². The zero-order valence-electron chi connectivity index (χ0n) is 14.4. The molecule has 28 heavy (non-hydrogen) atoms. The summed E-state index contributed by atoms with van der Waals surface area (Å²) in [5.41, 5.74) is 3.04. The number of rotatable bonds is 6. The van der Waals surface area contributed by atoms with E-state index < -0.39 is 10.8 Å². The highest BCUT2D eigenvalue weighted by molar-refractivity contribution is 7.99. The monoisotopic (exact) mass is 416 g/mol. The van der Waals surface area contributed by atoms with Crippen molar-refractivity contribution in [3.8, 4) is 0 Å². The van der Waals surface area contributed by atoms with Gasteiger partial charge in [-0.2, -0.15) is 5.10 Å². The first-order valence-corrected chi connectivity index (χ1v) is 9.06. The number of nitro benzene ring substituents is 1. The largest absolute Gasteiger partial charge is 0.283 e. The summed E-state index contributed by atoms with van der Waals surface area (Å²) in [4.78, 5) is 27.4. The van der Waals surface area contributed by atoms with E-state index in [4.69, 9.17) is 11.6 Å². The zero-order valence-corrected chi connectivity index (χ0v) is 16.0. The molecule has 0 spiro atoms. The Morgan fingerprint density at radius 2 is 2.18 bits per heavy atom. The molecule has 2 N–H and O–H groups in total. The second-order valence-electron chi connectivity index (χ2n) is 5.50. The molecule has 11 heteroatoms. The smallest absolute Gasteiger partial charge is 0.267 e. The number of hydrogen-bond donors (Lipinski definition) is 2. The highest BCUT2D eigenvalue weighted by Gasteiger charge is 2.17. The number of aryl methyl sites for hydroxylation is 1. The van der Waals surface area contributed by atoms with Gasteiger partial charge in [0.25, 0.3) is 11.6 Å². The fourth-order valence-electron chi connectivity index (χ4n) is 2.17. The molecule has 3 rings (SSSR count). The normalized spacial score (nSPS) is 10.9. The molecule has 0 unspecified atom stereocenters. The summed E-state index contributed by atoms with van der Waals surface area (Å²) >= 11 is 6.92. The minimum Gasteiger partial charge on any atom is -0.267 e. The Bertz CT molecular complexity index is 1070. The van der Waals surface area contributed by atoms with E-state index in [0.29, 0.717) is 32.0 Å². The summed E-state index contributed by atoms with van der Waals surface area (Å²) in [6.07, 6.45) is 1.32. The number of halogens is 1. The lowest BCUT2D eigenvalue weighted by Gasteiger charge is -2.02. The molecule has 9 nitrogen and oxygen atoms in total. The standard InChI is InChI=1S/C17H13ClN6O3S/c1-10-20-17(23-21-10)28-15-6-5-11(7-14(15)24(26)27)9-19-22-16(25)12-3-2-4-13(18)8-12/h2-9H,1H3,(H,22,25)(H,20,21,23)/b19-9+. The number of nitrogens with zero attached hydrogens (tertiary/aromatic N) is 4. The minimum atomic E-state index is -0.496. The molecule has 0 atom stereocenters. The quantitative estimate of drug-likeness (QED) is 0.359. The summed E-state index contributed by atoms with van der Waals surface area (Å²) in [5.74, 6) is 0.171. The van der Waals surface area contributed by atoms with Crippen molar-refractivity contribution in [3.05, 3.63) is 74.6 Å². The van der Waals surface area contributed by atoms with Crippen LogP contribution in [-0.4, -0.2) is 32.2 Å². The van der Waals surface area contributed by atoms with Gasteiger partial charge in [0.1, 0.15) is 5.82 Å². The Kier molecular flexibility index (Phi) is 6.02. The number of hydrogen-bond acceptors (Lipinski definition) is 7. The topological polar surface area (TPSA) is 126 Å². The highest BCUT2D eigenvalue weighted by atomic mass is 35.5. The van der Waals surface area contributed by atoms with Crippen molar-refractivity contribution in [2.45, 2.75) is 17.0 Å². The molecule has 1 aromatic heterocycles. The highest BCUT2D eigenvalue weighted by Crippen LogP contribution is 2.33. The molecule has 0 aliphatic carbocycles. The molecule has 0 saturated carbocycles. The SMILES string of the molecule is Cc1nc(Sc2ccc(/C=N/NC(=O)c3cccc(Cl)c3)cc2[N+](=O)[O-])n[nH]1. The van der Waals surface area contributed by atoms with E-state index in [1.165, 1.54) is 18.3 Å². The third-order valence-electron chi connectivity index (χ3n) is 3.42. The molecule has 0 aliphatic heterocycles. The van der Waals surface area contributed by atoms with Crippen LogP contribution in [0.5, 0.6) is 0 Å². The van der Waals surface area contributed by atoms with E-state index in [1.807, 2.05) is 0 Å². The molecule has 0 fully saturated rings. The fourth-order valence-corrected chi connectivity index (χ4v) is 3.20. The summed E-state index contributed by atoms with van der Waals surface area (Å²) in [7, 11) is 0. The first-order chi connectivity index (χ1) is 13.4. The number of carbonyl (C=O) groups excluding carboxylic acids is 1. The Balaban J connectivity index is 1.73. The zero-order chi connectivity index (χ0) is 20.1. The van der Waals surface area contributed by atoms with E-state index in [0.717, 1.165) is 11.8 Å². The van der Waals surface area contributed by atoms with Gasteiger partial charge < -0.3 is 0 Å². The van der Waals surface area contributed by atoms with Crippen molar-refractivity contribution in [3.63, 3.8) is 0 Å². The van der Waals surface area contributed by atoms with E-state index in [9.17, 15) is 14.9 Å². The van der Waals surface area contributed by atoms with Gasteiger partial charge in [0.05, 0.1) is 16.0 Å². The summed E-state index contributed by atoms with van der Waals surface area (Å²) in [6, 6.07) is 11.0. The maximum absolute atomic E-state index is 12.0. The van der Waals surface area contributed by atoms with Crippen LogP contribution in [0.25, 0.3) is 0 Å². The molecular formula is C17H13ClN6O3S. The Morgan fingerprint density at radius 3 is 2.86 bits per heavy atom. The van der Waals surface area contributed by atoms with Crippen LogP contribution in [0, 0.1) is 17.0 Å². The molecule has 3 aromatic rings. The third-order valence-corrected chi connectivity index (χ3v) is 4.59. The first-order valence-electron chi connectivity index (χ1n) is 7.86. The average molecular weight is 417 g/mol. The number of nitrogens with one attached hydrogen (secondary N) is 2. The number of aromatic amines is 1. The van der Waals surface area contributed by atoms with E-state index in [-0.39, 0.29) is 5.69 Å². The van der Waals surface area contributed by atoms with Crippen LogP contribution in [0.2, 0.25) is 5.02 Å². The van der Waals surface area contributed by atoms with Gasteiger partial charge in [-0.1, -0.05) is 23.7 Å². The predicted molar refractivity (Wildman–Crippen MR) is 105 cm³/mol. The molecule has 1 heterocycles. The number of aromatic nitrogens is 3. The number of carbonyl (C=O) groups is 1. The number of H-pyrrole nitrogens is 1. The van der Waals surface area contributed by atoms with Crippen LogP contribution in [0.3, 0.4) is 0 Å². The molecule has 142 valence electrons. The van der Waals surface area contributed by atoms with Gasteiger partial charge in [0.2, 0.25) is 5.16 Å². The number of amides is 1. The molecule has 2 aromatic carbocycles. The summed E-state index contributed by atoms with van der Waals surface area (Å²) in [5, 5.41) is 22.7. The maximum Gasteiger partial charge on any atom is 0.283 e. The lowest BCUT2D eigenvalue weighted by atomic mass is 10.2. The second-order valence-corrected chi connectivity index (χ2v) is 6.94. The first kappa shape index (κ1) is 19.5. The van der Waals surface area contributed by atoms with Gasteiger partial charge in [-0.3, -0.25) is 20.0 Å². The van der Waals surface area contributed by atoms with Gasteiger partial charge in [-0.25, -0.2) is 10.4 Å². The van der Waals surface area contributed by atoms with E-state index in [2.05, 4.69) is 25.7 Å². The molecule has 0 radical (unpaired) electrons. The van der Waals surface area contributed by atoms with Crippen molar-refractivity contribution in [2.24, 2.45) is 5.10 Å². The summed E-state index contributed by atoms with van der Waals surface area (Å²) < 4.78 is 0. The van der Waals surface area contributed by atoms with Crippen LogP contribution < -0.4 is 5.43 Å². The van der Waals surface area contributed by atoms with Gasteiger partial charge in [-0.15, -0.1) is 5.10 Å². The molecular weight excluding hydrogens is 404 g/mol. The van der Waals surface area contributed by atoms with E-state index in [1.54, 1.807) is 37.3 Å². The average Bonchev–Trinajstić information content (AvgIpc) is 3.07. The Hall–Kier alpha value is -3.24. The van der Waals surface area contributed by atoms with Crippen molar-refractivity contribution in [1.82, 2.24) is 20.6 Å². The van der Waals surface area contributed by atoms with Crippen molar-refractivity contribution < 1.29 is 9.72 Å². The van der Waals surface area contributed by atoms with Crippen LogP contribution >= 0.6 is 23.4 Å². The van der Waals surface area contributed by atoms with Crippen molar-refractivity contribution >= 4 is 41.2 Å². The van der Waals surface area contributed by atoms with Crippen LogP contribution in [0.4, 0.5) is 5.69 Å². The van der Waals surface area contributed by atoms with Gasteiger partial charge >= 0.3 is 0 Å². The number of nitro groups is 1. The third kappa shape index (κ3) is 4.93. The van der Waals surface area contributed by atoms with E-state index >= 15 is 0 Å². The molecule has 0 saturated heterocycles. The Morgan fingerprint density at radius 1 is 1.36 bits per heavy atom. The lowest BCUT2D eigenvalue weighted by molar-refractivity contribution is -0.387. The maximum atomic E-state index is 12.0. The number of benzene rings is 2. The number of hydrazone groups is 1.